The van der Waals surface area contributed by atoms with Gasteiger partial charge in [-0.15, -0.1) is 0 Å². The van der Waals surface area contributed by atoms with Crippen LogP contribution in [0.2, 0.25) is 0 Å². The summed E-state index contributed by atoms with van der Waals surface area (Å²) in [5.41, 5.74) is 2.88. The van der Waals surface area contributed by atoms with Crippen molar-refractivity contribution in [3.05, 3.63) is 59.9 Å². The highest BCUT2D eigenvalue weighted by atomic mass is 16.4. The largest absolute Gasteiger partial charge is 0.478 e. The first kappa shape index (κ1) is 13.1. The SMILES string of the molecule is Cc1cccc(Nc2ncnc3cc(C(=O)O)ccc23)c1. The average Bonchev–Trinajstić information content (AvgIpc) is 2.47. The van der Waals surface area contributed by atoms with Gasteiger partial charge in [-0.3, -0.25) is 0 Å². The lowest BCUT2D eigenvalue weighted by atomic mass is 10.1. The molecule has 3 rings (SSSR count). The minimum Gasteiger partial charge on any atom is -0.478 e. The van der Waals surface area contributed by atoms with Gasteiger partial charge in [0.25, 0.3) is 0 Å². The number of rotatable bonds is 3. The molecule has 3 aromatic rings. The standard InChI is InChI=1S/C16H13N3O2/c1-10-3-2-4-12(7-10)19-15-13-6-5-11(16(20)21)8-14(13)17-9-18-15/h2-9H,1H3,(H,20,21)(H,17,18,19). The Kier molecular flexibility index (Phi) is 3.23. The predicted molar refractivity (Wildman–Crippen MR) is 81.0 cm³/mol. The Bertz CT molecular complexity index is 831. The Morgan fingerprint density at radius 2 is 2.00 bits per heavy atom. The van der Waals surface area contributed by atoms with Crippen LogP contribution in [-0.4, -0.2) is 21.0 Å². The summed E-state index contributed by atoms with van der Waals surface area (Å²) in [5, 5.41) is 13.0. The molecule has 1 aromatic heterocycles. The van der Waals surface area contributed by atoms with Crippen molar-refractivity contribution >= 4 is 28.4 Å². The zero-order chi connectivity index (χ0) is 14.8. The number of anilines is 2. The number of hydrogen-bond acceptors (Lipinski definition) is 4. The van der Waals surface area contributed by atoms with Crippen molar-refractivity contribution in [2.75, 3.05) is 5.32 Å². The number of aromatic nitrogens is 2. The second kappa shape index (κ2) is 5.20. The fraction of sp³-hybridized carbons (Fsp3) is 0.0625. The van der Waals surface area contributed by atoms with Gasteiger partial charge in [0.05, 0.1) is 11.1 Å². The van der Waals surface area contributed by atoms with Crippen LogP contribution in [0.5, 0.6) is 0 Å². The number of carboxylic acids is 1. The lowest BCUT2D eigenvalue weighted by Gasteiger charge is -2.09. The van der Waals surface area contributed by atoms with Crippen LogP contribution in [0.3, 0.4) is 0 Å². The Hall–Kier alpha value is -2.95. The molecule has 5 nitrogen and oxygen atoms in total. The summed E-state index contributed by atoms with van der Waals surface area (Å²) in [6.45, 7) is 2.02. The van der Waals surface area contributed by atoms with Gasteiger partial charge in [-0.05, 0) is 42.8 Å². The van der Waals surface area contributed by atoms with Gasteiger partial charge in [-0.1, -0.05) is 12.1 Å². The first-order chi connectivity index (χ1) is 10.1. The molecule has 0 spiro atoms. The van der Waals surface area contributed by atoms with E-state index in [2.05, 4.69) is 15.3 Å². The molecule has 0 unspecified atom stereocenters. The molecule has 0 aliphatic heterocycles. The molecule has 5 heteroatoms. The molecule has 1 heterocycles. The minimum absolute atomic E-state index is 0.211. The summed E-state index contributed by atoms with van der Waals surface area (Å²) in [6, 6.07) is 12.8. The highest BCUT2D eigenvalue weighted by Crippen LogP contribution is 2.24. The Balaban J connectivity index is 2.05. The molecular formula is C16H13N3O2. The van der Waals surface area contributed by atoms with Crippen molar-refractivity contribution in [2.24, 2.45) is 0 Å². The summed E-state index contributed by atoms with van der Waals surface area (Å²) >= 11 is 0. The van der Waals surface area contributed by atoms with Crippen LogP contribution in [0.1, 0.15) is 15.9 Å². The van der Waals surface area contributed by atoms with E-state index >= 15 is 0 Å². The summed E-state index contributed by atoms with van der Waals surface area (Å²) in [7, 11) is 0. The zero-order valence-corrected chi connectivity index (χ0v) is 11.4. The zero-order valence-electron chi connectivity index (χ0n) is 11.4. The number of benzene rings is 2. The van der Waals surface area contributed by atoms with Gasteiger partial charge >= 0.3 is 5.97 Å². The highest BCUT2D eigenvalue weighted by molar-refractivity contribution is 5.97. The van der Waals surface area contributed by atoms with Crippen molar-refractivity contribution in [3.8, 4) is 0 Å². The summed E-state index contributed by atoms with van der Waals surface area (Å²) in [5.74, 6) is -0.314. The summed E-state index contributed by atoms with van der Waals surface area (Å²) in [4.78, 5) is 19.4. The molecule has 0 amide bonds. The van der Waals surface area contributed by atoms with E-state index in [-0.39, 0.29) is 5.56 Å². The summed E-state index contributed by atoms with van der Waals surface area (Å²) < 4.78 is 0. The van der Waals surface area contributed by atoms with Gasteiger partial charge in [0.1, 0.15) is 12.1 Å². The van der Waals surface area contributed by atoms with E-state index in [1.807, 2.05) is 31.2 Å². The third-order valence-electron chi connectivity index (χ3n) is 3.16. The number of nitrogens with one attached hydrogen (secondary N) is 1. The predicted octanol–water partition coefficient (Wildman–Crippen LogP) is 3.38. The van der Waals surface area contributed by atoms with Gasteiger partial charge in [0.2, 0.25) is 0 Å². The van der Waals surface area contributed by atoms with Crippen molar-refractivity contribution in [3.63, 3.8) is 0 Å². The second-order valence-corrected chi connectivity index (χ2v) is 4.75. The van der Waals surface area contributed by atoms with E-state index < -0.39 is 5.97 Å². The van der Waals surface area contributed by atoms with Crippen molar-refractivity contribution in [2.45, 2.75) is 6.92 Å². The highest BCUT2D eigenvalue weighted by Gasteiger charge is 2.08. The van der Waals surface area contributed by atoms with E-state index in [1.54, 1.807) is 18.2 Å². The molecule has 0 aliphatic carbocycles. The fourth-order valence-corrected chi connectivity index (χ4v) is 2.15. The summed E-state index contributed by atoms with van der Waals surface area (Å²) in [6.07, 6.45) is 1.42. The van der Waals surface area contributed by atoms with Gasteiger partial charge in [-0.25, -0.2) is 14.8 Å². The first-order valence-corrected chi connectivity index (χ1v) is 6.45. The molecule has 0 bridgehead atoms. The monoisotopic (exact) mass is 279 g/mol. The van der Waals surface area contributed by atoms with Crippen LogP contribution in [0.25, 0.3) is 10.9 Å². The van der Waals surface area contributed by atoms with Crippen LogP contribution in [-0.2, 0) is 0 Å². The van der Waals surface area contributed by atoms with Crippen molar-refractivity contribution in [1.29, 1.82) is 0 Å². The number of carboxylic acid groups (broad SMARTS) is 1. The Morgan fingerprint density at radius 1 is 1.14 bits per heavy atom. The molecule has 21 heavy (non-hydrogen) atoms. The Labute approximate surface area is 121 Å². The molecule has 104 valence electrons. The van der Waals surface area contributed by atoms with Crippen LogP contribution in [0.4, 0.5) is 11.5 Å². The van der Waals surface area contributed by atoms with E-state index in [0.717, 1.165) is 16.6 Å². The van der Waals surface area contributed by atoms with Crippen LogP contribution < -0.4 is 5.32 Å². The van der Waals surface area contributed by atoms with E-state index in [4.69, 9.17) is 5.11 Å². The number of aryl methyl sites for hydroxylation is 1. The van der Waals surface area contributed by atoms with Gasteiger partial charge in [-0.2, -0.15) is 0 Å². The topological polar surface area (TPSA) is 75.1 Å². The lowest BCUT2D eigenvalue weighted by molar-refractivity contribution is 0.0697. The molecule has 0 atom stereocenters. The third-order valence-corrected chi connectivity index (χ3v) is 3.16. The van der Waals surface area contributed by atoms with Crippen LogP contribution >= 0.6 is 0 Å². The number of fused-ring (bicyclic) bond motifs is 1. The molecular weight excluding hydrogens is 266 g/mol. The normalized spacial score (nSPS) is 10.5. The van der Waals surface area contributed by atoms with E-state index in [9.17, 15) is 4.79 Å². The lowest BCUT2D eigenvalue weighted by Crippen LogP contribution is -1.99. The van der Waals surface area contributed by atoms with Crippen molar-refractivity contribution in [1.82, 2.24) is 9.97 Å². The Morgan fingerprint density at radius 3 is 2.76 bits per heavy atom. The smallest absolute Gasteiger partial charge is 0.335 e. The van der Waals surface area contributed by atoms with Crippen LogP contribution in [0.15, 0.2) is 48.8 Å². The van der Waals surface area contributed by atoms with E-state index in [0.29, 0.717) is 11.3 Å². The van der Waals surface area contributed by atoms with Gasteiger partial charge in [0.15, 0.2) is 0 Å². The number of carbonyl (C=O) groups is 1. The molecule has 2 N–H and O–H groups in total. The number of hydrogen-bond donors (Lipinski definition) is 2. The number of aromatic carboxylic acids is 1. The molecule has 2 aromatic carbocycles. The third kappa shape index (κ3) is 2.67. The molecule has 0 fully saturated rings. The van der Waals surface area contributed by atoms with E-state index in [1.165, 1.54) is 6.33 Å². The van der Waals surface area contributed by atoms with Gasteiger partial charge < -0.3 is 10.4 Å². The van der Waals surface area contributed by atoms with Crippen LogP contribution in [0, 0.1) is 6.92 Å². The maximum absolute atomic E-state index is 11.0. The quantitative estimate of drug-likeness (QED) is 0.768. The average molecular weight is 279 g/mol. The maximum Gasteiger partial charge on any atom is 0.335 e. The molecule has 0 saturated carbocycles. The number of nitrogens with zero attached hydrogens (tertiary/aromatic N) is 2. The molecule has 0 saturated heterocycles. The fourth-order valence-electron chi connectivity index (χ4n) is 2.15. The first-order valence-electron chi connectivity index (χ1n) is 6.45. The second-order valence-electron chi connectivity index (χ2n) is 4.75. The molecule has 0 aliphatic rings. The maximum atomic E-state index is 11.0. The van der Waals surface area contributed by atoms with Crippen molar-refractivity contribution < 1.29 is 9.90 Å². The van der Waals surface area contributed by atoms with Gasteiger partial charge in [0, 0.05) is 11.1 Å². The molecule has 0 radical (unpaired) electrons. The minimum atomic E-state index is -0.969.